The molecular formula is C19H16O4. The number of carbonyl (C=O) groups is 1. The van der Waals surface area contributed by atoms with Gasteiger partial charge in [0.25, 0.3) is 0 Å². The molecule has 1 aliphatic rings. The number of fused-ring (bicyclic) bond motifs is 2. The second-order valence-electron chi connectivity index (χ2n) is 5.77. The number of Topliss-reactive ketones (excluding diaryl/α,β-unsaturated/α-hetero) is 1. The molecule has 0 saturated carbocycles. The van der Waals surface area contributed by atoms with E-state index in [-0.39, 0.29) is 11.9 Å². The monoisotopic (exact) mass is 308 g/mol. The van der Waals surface area contributed by atoms with Crippen molar-refractivity contribution in [3.63, 3.8) is 0 Å². The van der Waals surface area contributed by atoms with Crippen LogP contribution in [0.4, 0.5) is 0 Å². The molecule has 4 rings (SSSR count). The van der Waals surface area contributed by atoms with Gasteiger partial charge < -0.3 is 13.9 Å². The molecule has 0 bridgehead atoms. The van der Waals surface area contributed by atoms with Crippen LogP contribution in [0.1, 0.15) is 34.0 Å². The Morgan fingerprint density at radius 2 is 1.96 bits per heavy atom. The molecule has 23 heavy (non-hydrogen) atoms. The van der Waals surface area contributed by atoms with Gasteiger partial charge in [0, 0.05) is 11.5 Å². The number of hydrogen-bond donors (Lipinski definition) is 0. The number of methoxy groups -OCH3 is 1. The van der Waals surface area contributed by atoms with Crippen LogP contribution >= 0.6 is 0 Å². The first-order valence-electron chi connectivity index (χ1n) is 7.51. The van der Waals surface area contributed by atoms with Crippen LogP contribution in [0.15, 0.2) is 47.1 Å². The first-order valence-corrected chi connectivity index (χ1v) is 7.51. The summed E-state index contributed by atoms with van der Waals surface area (Å²) < 4.78 is 16.7. The lowest BCUT2D eigenvalue weighted by atomic mass is 9.95. The lowest BCUT2D eigenvalue weighted by molar-refractivity contribution is 0.0850. The van der Waals surface area contributed by atoms with E-state index in [1.807, 2.05) is 43.3 Å². The van der Waals surface area contributed by atoms with Crippen molar-refractivity contribution in [2.75, 3.05) is 7.11 Å². The number of carbonyl (C=O) groups excluding carboxylic acids is 1. The maximum Gasteiger partial charge on any atom is 0.170 e. The minimum atomic E-state index is -0.283. The Morgan fingerprint density at radius 3 is 2.70 bits per heavy atom. The smallest absolute Gasteiger partial charge is 0.170 e. The predicted octanol–water partition coefficient (Wildman–Crippen LogP) is 4.46. The minimum Gasteiger partial charge on any atom is -0.497 e. The van der Waals surface area contributed by atoms with Gasteiger partial charge in [0.15, 0.2) is 5.78 Å². The Labute approximate surface area is 133 Å². The molecule has 1 aromatic heterocycles. The Bertz CT molecular complexity index is 890. The third kappa shape index (κ3) is 2.27. The molecule has 1 aliphatic heterocycles. The van der Waals surface area contributed by atoms with Crippen molar-refractivity contribution in [3.05, 3.63) is 59.4 Å². The number of rotatable bonds is 2. The minimum absolute atomic E-state index is 0.0922. The maximum absolute atomic E-state index is 12.5. The zero-order chi connectivity index (χ0) is 16.0. The van der Waals surface area contributed by atoms with Crippen LogP contribution in [0.25, 0.3) is 11.0 Å². The summed E-state index contributed by atoms with van der Waals surface area (Å²) >= 11 is 0. The number of aryl methyl sites for hydroxylation is 1. The molecule has 0 aliphatic carbocycles. The van der Waals surface area contributed by atoms with Gasteiger partial charge in [-0.2, -0.15) is 0 Å². The van der Waals surface area contributed by atoms with Crippen molar-refractivity contribution >= 4 is 16.8 Å². The van der Waals surface area contributed by atoms with Crippen LogP contribution in [0.2, 0.25) is 0 Å². The number of ether oxygens (including phenoxy) is 2. The summed E-state index contributed by atoms with van der Waals surface area (Å²) in [5, 5.41) is 0.962. The van der Waals surface area contributed by atoms with Crippen LogP contribution in [-0.4, -0.2) is 12.9 Å². The summed E-state index contributed by atoms with van der Waals surface area (Å²) in [7, 11) is 1.63. The van der Waals surface area contributed by atoms with Crippen LogP contribution in [0.3, 0.4) is 0 Å². The summed E-state index contributed by atoms with van der Waals surface area (Å²) in [6.45, 7) is 1.96. The topological polar surface area (TPSA) is 48.7 Å². The number of ketones is 1. The second-order valence-corrected chi connectivity index (χ2v) is 5.77. The average molecular weight is 308 g/mol. The summed E-state index contributed by atoms with van der Waals surface area (Å²) in [5.41, 5.74) is 3.35. The van der Waals surface area contributed by atoms with E-state index in [2.05, 4.69) is 0 Å². The van der Waals surface area contributed by atoms with E-state index in [0.29, 0.717) is 17.7 Å². The summed E-state index contributed by atoms with van der Waals surface area (Å²) in [6, 6.07) is 11.3. The van der Waals surface area contributed by atoms with E-state index in [9.17, 15) is 4.79 Å². The summed E-state index contributed by atoms with van der Waals surface area (Å²) in [6.07, 6.45) is 1.75. The highest BCUT2D eigenvalue weighted by Gasteiger charge is 2.28. The predicted molar refractivity (Wildman–Crippen MR) is 86.3 cm³/mol. The van der Waals surface area contributed by atoms with Gasteiger partial charge in [-0.15, -0.1) is 0 Å². The first kappa shape index (κ1) is 13.9. The molecule has 0 saturated heterocycles. The quantitative estimate of drug-likeness (QED) is 0.701. The second kappa shape index (κ2) is 5.16. The molecule has 2 heterocycles. The van der Waals surface area contributed by atoms with E-state index in [4.69, 9.17) is 13.9 Å². The van der Waals surface area contributed by atoms with Gasteiger partial charge in [0.1, 0.15) is 23.2 Å². The van der Waals surface area contributed by atoms with E-state index >= 15 is 0 Å². The molecule has 116 valence electrons. The molecule has 4 heteroatoms. The van der Waals surface area contributed by atoms with Gasteiger partial charge >= 0.3 is 0 Å². The lowest BCUT2D eigenvalue weighted by Crippen LogP contribution is -2.20. The van der Waals surface area contributed by atoms with Crippen molar-refractivity contribution < 1.29 is 18.7 Å². The Hall–Kier alpha value is -2.75. The van der Waals surface area contributed by atoms with Gasteiger partial charge in [-0.3, -0.25) is 4.79 Å². The molecule has 3 aromatic rings. The fourth-order valence-electron chi connectivity index (χ4n) is 2.98. The SMILES string of the molecule is COc1ccc(C2CC(=O)c3cc4c(C)coc4cc3O2)cc1. The fourth-order valence-corrected chi connectivity index (χ4v) is 2.98. The van der Waals surface area contributed by atoms with Crippen molar-refractivity contribution in [2.45, 2.75) is 19.4 Å². The van der Waals surface area contributed by atoms with Crippen LogP contribution < -0.4 is 9.47 Å². The third-order valence-corrected chi connectivity index (χ3v) is 4.30. The van der Waals surface area contributed by atoms with Gasteiger partial charge in [-0.05, 0) is 36.2 Å². The number of benzene rings is 2. The van der Waals surface area contributed by atoms with E-state index in [0.717, 1.165) is 27.8 Å². The molecular weight excluding hydrogens is 292 g/mol. The molecule has 0 radical (unpaired) electrons. The van der Waals surface area contributed by atoms with E-state index < -0.39 is 0 Å². The molecule has 0 fully saturated rings. The molecule has 0 spiro atoms. The lowest BCUT2D eigenvalue weighted by Gasteiger charge is -2.25. The first-order chi connectivity index (χ1) is 11.2. The Balaban J connectivity index is 1.73. The van der Waals surface area contributed by atoms with Crippen molar-refractivity contribution in [2.24, 2.45) is 0 Å². The largest absolute Gasteiger partial charge is 0.497 e. The zero-order valence-corrected chi connectivity index (χ0v) is 13.0. The normalized spacial score (nSPS) is 17.0. The highest BCUT2D eigenvalue weighted by atomic mass is 16.5. The summed E-state index contributed by atoms with van der Waals surface area (Å²) in [5.74, 6) is 1.46. The van der Waals surface area contributed by atoms with E-state index in [1.165, 1.54) is 0 Å². The molecule has 4 nitrogen and oxygen atoms in total. The van der Waals surface area contributed by atoms with Crippen molar-refractivity contribution in [3.8, 4) is 11.5 Å². The Morgan fingerprint density at radius 1 is 1.17 bits per heavy atom. The summed E-state index contributed by atoms with van der Waals surface area (Å²) in [4.78, 5) is 12.5. The highest BCUT2D eigenvalue weighted by Crippen LogP contribution is 2.38. The Kier molecular flexibility index (Phi) is 3.11. The van der Waals surface area contributed by atoms with Gasteiger partial charge in [-0.25, -0.2) is 0 Å². The van der Waals surface area contributed by atoms with Crippen LogP contribution in [0.5, 0.6) is 11.5 Å². The standard InChI is InChI=1S/C19H16O4/c1-11-10-22-18-9-19-15(7-14(11)18)16(20)8-17(23-19)12-3-5-13(21-2)6-4-12/h3-7,9-10,17H,8H2,1-2H3. The number of hydrogen-bond acceptors (Lipinski definition) is 4. The van der Waals surface area contributed by atoms with Crippen LogP contribution in [0, 0.1) is 6.92 Å². The molecule has 0 N–H and O–H groups in total. The van der Waals surface area contributed by atoms with Crippen molar-refractivity contribution in [1.29, 1.82) is 0 Å². The highest BCUT2D eigenvalue weighted by molar-refractivity contribution is 6.03. The molecule has 2 aromatic carbocycles. The average Bonchev–Trinajstić information content (AvgIpc) is 2.94. The third-order valence-electron chi connectivity index (χ3n) is 4.30. The molecule has 0 amide bonds. The molecule has 1 atom stereocenters. The zero-order valence-electron chi connectivity index (χ0n) is 13.0. The maximum atomic E-state index is 12.5. The van der Waals surface area contributed by atoms with E-state index in [1.54, 1.807) is 13.4 Å². The van der Waals surface area contributed by atoms with Gasteiger partial charge in [0.05, 0.1) is 25.4 Å². The van der Waals surface area contributed by atoms with Gasteiger partial charge in [-0.1, -0.05) is 12.1 Å². The molecule has 1 unspecified atom stereocenters. The van der Waals surface area contributed by atoms with Crippen LogP contribution in [-0.2, 0) is 0 Å². The van der Waals surface area contributed by atoms with Crippen molar-refractivity contribution in [1.82, 2.24) is 0 Å². The van der Waals surface area contributed by atoms with Gasteiger partial charge in [0.2, 0.25) is 0 Å². The number of furan rings is 1. The fraction of sp³-hybridized carbons (Fsp3) is 0.211.